The minimum Gasteiger partial charge on any atom is -0.430 e. The Kier molecular flexibility index (Phi) is 10.1. The SMILES string of the molecule is CCCC/C=C/C(=O)OC1COC(c2ccc(C34CCC(CCCCCCC)(CC3)CC4)cc2)CO1. The van der Waals surface area contributed by atoms with Crippen molar-refractivity contribution < 1.29 is 19.0 Å². The highest BCUT2D eigenvalue weighted by Gasteiger charge is 2.48. The van der Waals surface area contributed by atoms with Gasteiger partial charge in [0.25, 0.3) is 0 Å². The third-order valence-corrected chi connectivity index (χ3v) is 9.20. The van der Waals surface area contributed by atoms with Crippen molar-refractivity contribution in [3.63, 3.8) is 0 Å². The van der Waals surface area contributed by atoms with Gasteiger partial charge >= 0.3 is 5.97 Å². The molecule has 4 fully saturated rings. The van der Waals surface area contributed by atoms with Gasteiger partial charge in [0.05, 0.1) is 6.61 Å². The summed E-state index contributed by atoms with van der Waals surface area (Å²) in [6, 6.07) is 9.14. The molecule has 2 atom stereocenters. The molecule has 0 amide bonds. The third-order valence-electron chi connectivity index (χ3n) is 9.20. The molecule has 0 radical (unpaired) electrons. The van der Waals surface area contributed by atoms with Crippen LogP contribution in [-0.4, -0.2) is 25.5 Å². The Balaban J connectivity index is 1.22. The fraction of sp³-hybridized carbons (Fsp3) is 0.719. The van der Waals surface area contributed by atoms with Gasteiger partial charge in [-0.1, -0.05) is 89.1 Å². The molecule has 4 nitrogen and oxygen atoms in total. The van der Waals surface area contributed by atoms with E-state index in [1.165, 1.54) is 88.7 Å². The van der Waals surface area contributed by atoms with Gasteiger partial charge in [0.1, 0.15) is 12.7 Å². The number of fused-ring (bicyclic) bond motifs is 3. The summed E-state index contributed by atoms with van der Waals surface area (Å²) in [6.07, 6.45) is 22.5. The molecule has 1 aliphatic heterocycles. The molecule has 200 valence electrons. The predicted molar refractivity (Wildman–Crippen MR) is 145 cm³/mol. The molecule has 1 heterocycles. The van der Waals surface area contributed by atoms with E-state index >= 15 is 0 Å². The van der Waals surface area contributed by atoms with Crippen molar-refractivity contribution in [2.24, 2.45) is 5.41 Å². The van der Waals surface area contributed by atoms with Gasteiger partial charge in [0.15, 0.2) is 0 Å². The van der Waals surface area contributed by atoms with E-state index in [9.17, 15) is 4.79 Å². The zero-order chi connectivity index (χ0) is 25.3. The Morgan fingerprint density at radius 1 is 0.889 bits per heavy atom. The molecule has 0 spiro atoms. The molecule has 0 N–H and O–H groups in total. The van der Waals surface area contributed by atoms with Gasteiger partial charge < -0.3 is 14.2 Å². The van der Waals surface area contributed by atoms with Crippen LogP contribution in [0, 0.1) is 5.41 Å². The number of hydrogen-bond donors (Lipinski definition) is 0. The molecule has 1 saturated heterocycles. The lowest BCUT2D eigenvalue weighted by molar-refractivity contribution is -0.230. The van der Waals surface area contributed by atoms with Gasteiger partial charge in [-0.15, -0.1) is 0 Å². The Bertz CT molecular complexity index is 810. The predicted octanol–water partition coefficient (Wildman–Crippen LogP) is 8.34. The first kappa shape index (κ1) is 27.4. The van der Waals surface area contributed by atoms with Gasteiger partial charge in [-0.05, 0) is 73.3 Å². The summed E-state index contributed by atoms with van der Waals surface area (Å²) in [4.78, 5) is 11.9. The summed E-state index contributed by atoms with van der Waals surface area (Å²) >= 11 is 0. The molecule has 2 bridgehead atoms. The summed E-state index contributed by atoms with van der Waals surface area (Å²) < 4.78 is 17.2. The van der Waals surface area contributed by atoms with Crippen molar-refractivity contribution in [2.75, 3.05) is 13.2 Å². The maximum Gasteiger partial charge on any atom is 0.332 e. The van der Waals surface area contributed by atoms with Crippen LogP contribution in [0.4, 0.5) is 0 Å². The van der Waals surface area contributed by atoms with Crippen molar-refractivity contribution in [1.29, 1.82) is 0 Å². The zero-order valence-electron chi connectivity index (χ0n) is 22.8. The largest absolute Gasteiger partial charge is 0.430 e. The molecular weight excluding hydrogens is 448 g/mol. The standard InChI is InChI=1S/C32H48O4/c1-3-5-7-9-11-17-31-18-21-32(22-19-31,23-20-31)27-15-13-26(14-16-27)28-24-35-30(25-34-28)36-29(33)12-10-8-6-4-2/h10,12-16,28,30H,3-9,11,17-25H2,1-2H3/b12-10+. The Morgan fingerprint density at radius 2 is 1.58 bits per heavy atom. The fourth-order valence-corrected chi connectivity index (χ4v) is 6.64. The lowest BCUT2D eigenvalue weighted by Gasteiger charge is -2.54. The third kappa shape index (κ3) is 7.01. The lowest BCUT2D eigenvalue weighted by atomic mass is 9.51. The van der Waals surface area contributed by atoms with Crippen LogP contribution >= 0.6 is 0 Å². The molecule has 1 aromatic carbocycles. The molecule has 2 unspecified atom stereocenters. The average molecular weight is 497 g/mol. The Hall–Kier alpha value is -1.65. The second kappa shape index (κ2) is 13.2. The van der Waals surface area contributed by atoms with Crippen LogP contribution in [0.5, 0.6) is 0 Å². The number of carbonyl (C=O) groups excluding carboxylic acids is 1. The van der Waals surface area contributed by atoms with E-state index in [4.69, 9.17) is 14.2 Å². The number of esters is 1. The lowest BCUT2D eigenvalue weighted by Crippen LogP contribution is -2.44. The van der Waals surface area contributed by atoms with E-state index < -0.39 is 6.29 Å². The van der Waals surface area contributed by atoms with E-state index in [0.717, 1.165) is 24.8 Å². The molecule has 3 saturated carbocycles. The number of allylic oxidation sites excluding steroid dienone is 1. The molecule has 4 heteroatoms. The minimum absolute atomic E-state index is 0.107. The van der Waals surface area contributed by atoms with Crippen LogP contribution < -0.4 is 0 Å². The van der Waals surface area contributed by atoms with Crippen LogP contribution in [0.25, 0.3) is 0 Å². The van der Waals surface area contributed by atoms with E-state index in [2.05, 4.69) is 38.1 Å². The van der Waals surface area contributed by atoms with Gasteiger partial charge in [0.2, 0.25) is 6.29 Å². The van der Waals surface area contributed by atoms with Gasteiger partial charge in [-0.3, -0.25) is 0 Å². The summed E-state index contributed by atoms with van der Waals surface area (Å²) in [5.41, 5.74) is 3.69. The van der Waals surface area contributed by atoms with E-state index in [0.29, 0.717) is 17.4 Å². The molecule has 5 rings (SSSR count). The summed E-state index contributed by atoms with van der Waals surface area (Å²) in [5.74, 6) is -0.359. The number of rotatable bonds is 13. The number of benzene rings is 1. The van der Waals surface area contributed by atoms with Crippen molar-refractivity contribution >= 4 is 5.97 Å². The van der Waals surface area contributed by atoms with Gasteiger partial charge in [0, 0.05) is 6.08 Å². The van der Waals surface area contributed by atoms with Crippen molar-refractivity contribution in [3.05, 3.63) is 47.5 Å². The molecular formula is C32H48O4. The molecule has 1 aromatic rings. The molecule has 4 aliphatic rings. The Labute approximate surface area is 219 Å². The topological polar surface area (TPSA) is 44.8 Å². The van der Waals surface area contributed by atoms with E-state index in [-0.39, 0.29) is 18.7 Å². The number of hydrogen-bond acceptors (Lipinski definition) is 4. The number of unbranched alkanes of at least 4 members (excludes halogenated alkanes) is 6. The van der Waals surface area contributed by atoms with Crippen molar-refractivity contribution in [3.8, 4) is 0 Å². The van der Waals surface area contributed by atoms with E-state index in [1.54, 1.807) is 0 Å². The van der Waals surface area contributed by atoms with Crippen LogP contribution in [0.2, 0.25) is 0 Å². The monoisotopic (exact) mass is 496 g/mol. The average Bonchev–Trinajstić information content (AvgIpc) is 2.93. The molecule has 3 aliphatic carbocycles. The summed E-state index contributed by atoms with van der Waals surface area (Å²) in [5, 5.41) is 0. The van der Waals surface area contributed by atoms with Crippen molar-refractivity contribution in [2.45, 2.75) is 128 Å². The summed E-state index contributed by atoms with van der Waals surface area (Å²) in [6.45, 7) is 5.11. The highest BCUT2D eigenvalue weighted by Crippen LogP contribution is 2.59. The quantitative estimate of drug-likeness (QED) is 0.156. The number of carbonyl (C=O) groups is 1. The number of ether oxygens (including phenoxy) is 3. The van der Waals surface area contributed by atoms with Crippen LogP contribution in [-0.2, 0) is 24.4 Å². The van der Waals surface area contributed by atoms with Crippen molar-refractivity contribution in [1.82, 2.24) is 0 Å². The first-order chi connectivity index (χ1) is 17.6. The Morgan fingerprint density at radius 3 is 2.22 bits per heavy atom. The fourth-order valence-electron chi connectivity index (χ4n) is 6.64. The second-order valence-electron chi connectivity index (χ2n) is 11.6. The highest BCUT2D eigenvalue weighted by atomic mass is 16.7. The van der Waals surface area contributed by atoms with Gasteiger partial charge in [-0.2, -0.15) is 0 Å². The molecule has 36 heavy (non-hydrogen) atoms. The maximum atomic E-state index is 11.9. The normalized spacial score (nSPS) is 30.1. The van der Waals surface area contributed by atoms with Crippen LogP contribution in [0.15, 0.2) is 36.4 Å². The zero-order valence-corrected chi connectivity index (χ0v) is 22.8. The molecule has 0 aromatic heterocycles. The van der Waals surface area contributed by atoms with E-state index in [1.807, 2.05) is 6.08 Å². The maximum absolute atomic E-state index is 11.9. The minimum atomic E-state index is -0.626. The highest BCUT2D eigenvalue weighted by molar-refractivity contribution is 5.81. The summed E-state index contributed by atoms with van der Waals surface area (Å²) in [7, 11) is 0. The van der Waals surface area contributed by atoms with Gasteiger partial charge in [-0.25, -0.2) is 4.79 Å². The first-order valence-electron chi connectivity index (χ1n) is 14.8. The second-order valence-corrected chi connectivity index (χ2v) is 11.6. The van der Waals surface area contributed by atoms with Crippen LogP contribution in [0.3, 0.4) is 0 Å². The first-order valence-corrected chi connectivity index (χ1v) is 14.8. The van der Waals surface area contributed by atoms with Crippen LogP contribution in [0.1, 0.15) is 127 Å². The smallest absolute Gasteiger partial charge is 0.332 e.